The number of hydrogen-bond donors (Lipinski definition) is 1. The minimum Gasteiger partial charge on any atom is -0.332 e. The molecule has 1 saturated heterocycles. The first-order valence-electron chi connectivity index (χ1n) is 9.11. The van der Waals surface area contributed by atoms with Crippen LogP contribution < -0.4 is 0 Å². The van der Waals surface area contributed by atoms with Gasteiger partial charge in [0.25, 0.3) is 5.91 Å². The number of likely N-dealkylation sites (tertiary alicyclic amines) is 1. The highest BCUT2D eigenvalue weighted by Crippen LogP contribution is 2.35. The van der Waals surface area contributed by atoms with E-state index in [1.54, 1.807) is 11.3 Å². The maximum Gasteiger partial charge on any atom is 0.255 e. The van der Waals surface area contributed by atoms with Crippen molar-refractivity contribution in [2.24, 2.45) is 0 Å². The first kappa shape index (κ1) is 17.0. The van der Waals surface area contributed by atoms with Gasteiger partial charge in [-0.3, -0.25) is 9.89 Å². The highest BCUT2D eigenvalue weighted by atomic mass is 32.1. The Morgan fingerprint density at radius 2 is 2.04 bits per heavy atom. The van der Waals surface area contributed by atoms with Crippen molar-refractivity contribution in [3.63, 3.8) is 0 Å². The van der Waals surface area contributed by atoms with Gasteiger partial charge >= 0.3 is 0 Å². The number of hydrogen-bond acceptors (Lipinski definition) is 3. The van der Waals surface area contributed by atoms with E-state index in [0.717, 1.165) is 46.8 Å². The Bertz CT molecular complexity index is 893. The number of benzene rings is 1. The molecule has 2 aromatic heterocycles. The molecule has 4 nitrogen and oxygen atoms in total. The first-order chi connectivity index (χ1) is 12.6. The van der Waals surface area contributed by atoms with E-state index in [1.807, 2.05) is 31.4 Å². The van der Waals surface area contributed by atoms with Crippen LogP contribution in [0.5, 0.6) is 0 Å². The second-order valence-electron chi connectivity index (χ2n) is 6.93. The van der Waals surface area contributed by atoms with Gasteiger partial charge in [-0.2, -0.15) is 5.10 Å². The van der Waals surface area contributed by atoms with E-state index in [1.165, 1.54) is 12.0 Å². The Morgan fingerprint density at radius 3 is 2.77 bits per heavy atom. The Morgan fingerprint density at radius 1 is 1.23 bits per heavy atom. The molecule has 1 atom stereocenters. The number of amides is 1. The number of carbonyl (C=O) groups excluding carboxylic acids is 1. The Labute approximate surface area is 157 Å². The smallest absolute Gasteiger partial charge is 0.255 e. The lowest BCUT2D eigenvalue weighted by Crippen LogP contribution is -2.38. The molecular weight excluding hydrogens is 342 g/mol. The number of H-pyrrole nitrogens is 1. The van der Waals surface area contributed by atoms with Crippen molar-refractivity contribution in [1.29, 1.82) is 0 Å². The Hall–Kier alpha value is -2.40. The van der Waals surface area contributed by atoms with Gasteiger partial charge in [0, 0.05) is 28.1 Å². The van der Waals surface area contributed by atoms with Crippen molar-refractivity contribution >= 4 is 17.2 Å². The molecule has 0 radical (unpaired) electrons. The quantitative estimate of drug-likeness (QED) is 0.700. The predicted octanol–water partition coefficient (Wildman–Crippen LogP) is 5.12. The summed E-state index contributed by atoms with van der Waals surface area (Å²) in [6.45, 7) is 4.84. The minimum absolute atomic E-state index is 0.139. The topological polar surface area (TPSA) is 49.0 Å². The van der Waals surface area contributed by atoms with Gasteiger partial charge in [0.05, 0.1) is 17.3 Å². The molecule has 1 unspecified atom stereocenters. The monoisotopic (exact) mass is 365 g/mol. The van der Waals surface area contributed by atoms with Crippen LogP contribution in [0, 0.1) is 13.8 Å². The molecular formula is C21H23N3OS. The van der Waals surface area contributed by atoms with E-state index in [-0.39, 0.29) is 11.9 Å². The SMILES string of the molecule is Cc1n[nH]c(C)c1-c1cc(C(=O)N2CCCCC2c2ccccc2)cs1. The van der Waals surface area contributed by atoms with Gasteiger partial charge in [-0.1, -0.05) is 30.3 Å². The van der Waals surface area contributed by atoms with Gasteiger partial charge < -0.3 is 4.90 Å². The summed E-state index contributed by atoms with van der Waals surface area (Å²) in [4.78, 5) is 16.4. The molecule has 1 aliphatic heterocycles. The molecule has 1 N–H and O–H groups in total. The molecule has 5 heteroatoms. The molecule has 0 bridgehead atoms. The average Bonchev–Trinajstić information content (AvgIpc) is 3.28. The lowest BCUT2D eigenvalue weighted by molar-refractivity contribution is 0.0612. The highest BCUT2D eigenvalue weighted by Gasteiger charge is 2.29. The number of aryl methyl sites for hydroxylation is 2. The fourth-order valence-electron chi connectivity index (χ4n) is 3.86. The standard InChI is InChI=1S/C21H23N3OS/c1-14-20(15(2)23-22-14)19-12-17(13-26-19)21(25)24-11-7-6-10-18(24)16-8-4-3-5-9-16/h3-5,8-9,12-13,18H,6-7,10-11H2,1-2H3,(H,22,23). The van der Waals surface area contributed by atoms with Crippen molar-refractivity contribution in [1.82, 2.24) is 15.1 Å². The van der Waals surface area contributed by atoms with Crippen LogP contribution in [-0.4, -0.2) is 27.5 Å². The molecule has 0 aliphatic carbocycles. The lowest BCUT2D eigenvalue weighted by Gasteiger charge is -2.36. The predicted molar refractivity (Wildman–Crippen MR) is 105 cm³/mol. The minimum atomic E-state index is 0.139. The number of rotatable bonds is 3. The van der Waals surface area contributed by atoms with E-state index in [9.17, 15) is 4.79 Å². The van der Waals surface area contributed by atoms with Crippen molar-refractivity contribution in [2.45, 2.75) is 39.2 Å². The van der Waals surface area contributed by atoms with Crippen molar-refractivity contribution in [2.75, 3.05) is 6.54 Å². The normalized spacial score (nSPS) is 17.5. The van der Waals surface area contributed by atoms with Crippen LogP contribution in [-0.2, 0) is 0 Å². The summed E-state index contributed by atoms with van der Waals surface area (Å²) in [5.74, 6) is 0.139. The third kappa shape index (κ3) is 3.07. The third-order valence-electron chi connectivity index (χ3n) is 5.17. The molecule has 134 valence electrons. The Balaban J connectivity index is 1.62. The van der Waals surface area contributed by atoms with Crippen molar-refractivity contribution in [3.05, 3.63) is 64.3 Å². The molecule has 1 amide bonds. The molecule has 26 heavy (non-hydrogen) atoms. The van der Waals surface area contributed by atoms with Crippen LogP contribution in [0.25, 0.3) is 10.4 Å². The molecule has 4 rings (SSSR count). The van der Waals surface area contributed by atoms with Crippen LogP contribution in [0.1, 0.15) is 52.6 Å². The number of nitrogens with one attached hydrogen (secondary N) is 1. The van der Waals surface area contributed by atoms with Gasteiger partial charge in [-0.25, -0.2) is 0 Å². The summed E-state index contributed by atoms with van der Waals surface area (Å²) in [6.07, 6.45) is 3.28. The zero-order valence-electron chi connectivity index (χ0n) is 15.2. The van der Waals surface area contributed by atoms with Gasteiger partial charge in [-0.05, 0) is 44.7 Å². The molecule has 1 aromatic carbocycles. The van der Waals surface area contributed by atoms with E-state index < -0.39 is 0 Å². The van der Waals surface area contributed by atoms with Gasteiger partial charge in [0.2, 0.25) is 0 Å². The lowest BCUT2D eigenvalue weighted by atomic mass is 9.94. The van der Waals surface area contributed by atoms with Crippen molar-refractivity contribution in [3.8, 4) is 10.4 Å². The summed E-state index contributed by atoms with van der Waals surface area (Å²) in [6, 6.07) is 12.6. The maximum absolute atomic E-state index is 13.2. The molecule has 1 fully saturated rings. The highest BCUT2D eigenvalue weighted by molar-refractivity contribution is 7.13. The fraction of sp³-hybridized carbons (Fsp3) is 0.333. The van der Waals surface area contributed by atoms with Crippen molar-refractivity contribution < 1.29 is 4.79 Å². The van der Waals surface area contributed by atoms with Crippen LogP contribution in [0.2, 0.25) is 0 Å². The molecule has 0 saturated carbocycles. The Kier molecular flexibility index (Phi) is 4.64. The van der Waals surface area contributed by atoms with Gasteiger partial charge in [0.1, 0.15) is 0 Å². The average molecular weight is 366 g/mol. The van der Waals surface area contributed by atoms with E-state index in [4.69, 9.17) is 0 Å². The summed E-state index contributed by atoms with van der Waals surface area (Å²) in [5, 5.41) is 9.29. The zero-order valence-corrected chi connectivity index (χ0v) is 16.0. The number of thiophene rings is 1. The molecule has 0 spiro atoms. The fourth-order valence-corrected chi connectivity index (χ4v) is 4.89. The summed E-state index contributed by atoms with van der Waals surface area (Å²) >= 11 is 1.62. The maximum atomic E-state index is 13.2. The van der Waals surface area contributed by atoms with Gasteiger partial charge in [0.15, 0.2) is 0 Å². The van der Waals surface area contributed by atoms with E-state index in [0.29, 0.717) is 0 Å². The number of aromatic amines is 1. The molecule has 1 aliphatic rings. The zero-order chi connectivity index (χ0) is 18.1. The number of piperidine rings is 1. The largest absolute Gasteiger partial charge is 0.332 e. The molecule has 3 aromatic rings. The van der Waals surface area contributed by atoms with Crippen LogP contribution in [0.4, 0.5) is 0 Å². The summed E-state index contributed by atoms with van der Waals surface area (Å²) < 4.78 is 0. The van der Waals surface area contributed by atoms with Crippen LogP contribution in [0.15, 0.2) is 41.8 Å². The number of carbonyl (C=O) groups is 1. The van der Waals surface area contributed by atoms with Crippen LogP contribution >= 0.6 is 11.3 Å². The summed E-state index contributed by atoms with van der Waals surface area (Å²) in [5.41, 5.74) is 5.16. The number of nitrogens with zero attached hydrogens (tertiary/aromatic N) is 2. The first-order valence-corrected chi connectivity index (χ1v) is 9.99. The van der Waals surface area contributed by atoms with Gasteiger partial charge in [-0.15, -0.1) is 11.3 Å². The van der Waals surface area contributed by atoms with E-state index >= 15 is 0 Å². The molecule has 3 heterocycles. The second kappa shape index (κ2) is 7.08. The van der Waals surface area contributed by atoms with E-state index in [2.05, 4.69) is 39.4 Å². The number of aromatic nitrogens is 2. The third-order valence-corrected chi connectivity index (χ3v) is 6.12. The van der Waals surface area contributed by atoms with Crippen LogP contribution in [0.3, 0.4) is 0 Å². The summed E-state index contributed by atoms with van der Waals surface area (Å²) in [7, 11) is 0. The second-order valence-corrected chi connectivity index (χ2v) is 7.84.